The fourth-order valence-electron chi connectivity index (χ4n) is 1.47. The largest absolute Gasteiger partial charge is 0.286 e. The van der Waals surface area contributed by atoms with Crippen molar-refractivity contribution in [3.8, 4) is 0 Å². The highest BCUT2D eigenvalue weighted by Gasteiger charge is 2.10. The molecular weight excluding hydrogens is 214 g/mol. The molecule has 0 atom stereocenters. The minimum Gasteiger partial charge on any atom is -0.286 e. The van der Waals surface area contributed by atoms with Gasteiger partial charge in [0.25, 0.3) is 10.1 Å². The molecule has 0 fully saturated rings. The van der Waals surface area contributed by atoms with Crippen molar-refractivity contribution in [2.75, 3.05) is 5.75 Å². The van der Waals surface area contributed by atoms with Crippen LogP contribution in [-0.2, 0) is 23.1 Å². The summed E-state index contributed by atoms with van der Waals surface area (Å²) in [4.78, 5) is 0. The van der Waals surface area contributed by atoms with E-state index in [1.807, 2.05) is 29.0 Å². The van der Waals surface area contributed by atoms with Crippen LogP contribution in [0.2, 0.25) is 0 Å². The van der Waals surface area contributed by atoms with Crippen molar-refractivity contribution in [1.82, 2.24) is 0 Å². The van der Waals surface area contributed by atoms with Gasteiger partial charge in [-0.3, -0.25) is 4.55 Å². The molecule has 0 radical (unpaired) electrons. The van der Waals surface area contributed by atoms with Gasteiger partial charge in [0.05, 0.1) is 5.75 Å². The van der Waals surface area contributed by atoms with Gasteiger partial charge in [-0.05, 0) is 0 Å². The number of rotatable bonds is 5. The Labute approximate surface area is 90.3 Å². The molecule has 0 aromatic carbocycles. The Morgan fingerprint density at radius 2 is 2.13 bits per heavy atom. The van der Waals surface area contributed by atoms with Crippen LogP contribution in [0.5, 0.6) is 0 Å². The van der Waals surface area contributed by atoms with Crippen LogP contribution in [0.3, 0.4) is 0 Å². The van der Waals surface area contributed by atoms with Gasteiger partial charge in [-0.25, -0.2) is 4.57 Å². The van der Waals surface area contributed by atoms with E-state index in [4.69, 9.17) is 4.55 Å². The lowest BCUT2D eigenvalue weighted by molar-refractivity contribution is -0.703. The number of hydrogen-bond acceptors (Lipinski definition) is 2. The molecule has 1 heterocycles. The molecule has 1 aromatic rings. The van der Waals surface area contributed by atoms with Crippen LogP contribution in [0.15, 0.2) is 24.4 Å². The first-order valence-electron chi connectivity index (χ1n) is 4.95. The monoisotopic (exact) mass is 230 g/mol. The topological polar surface area (TPSA) is 58.2 Å². The normalized spacial score (nSPS) is 11.6. The molecule has 1 aromatic heterocycles. The first-order chi connectivity index (χ1) is 7.03. The van der Waals surface area contributed by atoms with E-state index in [0.717, 1.165) is 12.1 Å². The SMILES string of the molecule is CCc1cccc[n+]1CCCS(=O)(=O)O. The highest BCUT2D eigenvalue weighted by Crippen LogP contribution is 1.94. The molecule has 0 saturated heterocycles. The number of nitrogens with zero attached hydrogens (tertiary/aromatic N) is 1. The molecule has 0 aliphatic rings. The van der Waals surface area contributed by atoms with Crippen molar-refractivity contribution >= 4 is 10.1 Å². The van der Waals surface area contributed by atoms with Gasteiger partial charge in [0, 0.05) is 25.0 Å². The van der Waals surface area contributed by atoms with E-state index in [1.165, 1.54) is 0 Å². The van der Waals surface area contributed by atoms with Crippen molar-refractivity contribution in [1.29, 1.82) is 0 Å². The van der Waals surface area contributed by atoms with Gasteiger partial charge in [-0.1, -0.05) is 13.0 Å². The summed E-state index contributed by atoms with van der Waals surface area (Å²) in [5, 5.41) is 0. The molecule has 4 nitrogen and oxygen atoms in total. The summed E-state index contributed by atoms with van der Waals surface area (Å²) in [5.74, 6) is -0.182. The Balaban J connectivity index is 2.58. The zero-order chi connectivity index (χ0) is 11.3. The second-order valence-electron chi connectivity index (χ2n) is 3.38. The molecule has 0 unspecified atom stereocenters. The van der Waals surface area contributed by atoms with Gasteiger partial charge >= 0.3 is 0 Å². The van der Waals surface area contributed by atoms with E-state index in [0.29, 0.717) is 13.0 Å². The van der Waals surface area contributed by atoms with Crippen molar-refractivity contribution in [2.45, 2.75) is 26.3 Å². The van der Waals surface area contributed by atoms with E-state index >= 15 is 0 Å². The third-order valence-corrected chi connectivity index (χ3v) is 3.00. The average molecular weight is 230 g/mol. The molecule has 1 rings (SSSR count). The quantitative estimate of drug-likeness (QED) is 0.601. The summed E-state index contributed by atoms with van der Waals surface area (Å²) in [6, 6.07) is 5.87. The zero-order valence-corrected chi connectivity index (χ0v) is 9.57. The predicted molar refractivity (Wildman–Crippen MR) is 57.0 cm³/mol. The van der Waals surface area contributed by atoms with Crippen LogP contribution in [-0.4, -0.2) is 18.7 Å². The van der Waals surface area contributed by atoms with E-state index in [-0.39, 0.29) is 5.75 Å². The van der Waals surface area contributed by atoms with Gasteiger partial charge in [0.1, 0.15) is 6.54 Å². The van der Waals surface area contributed by atoms with E-state index < -0.39 is 10.1 Å². The molecule has 84 valence electrons. The Hall–Kier alpha value is -0.940. The molecule has 5 heteroatoms. The molecule has 0 amide bonds. The van der Waals surface area contributed by atoms with Crippen molar-refractivity contribution in [3.05, 3.63) is 30.1 Å². The van der Waals surface area contributed by atoms with E-state index in [1.54, 1.807) is 0 Å². The second kappa shape index (κ2) is 5.23. The van der Waals surface area contributed by atoms with Crippen molar-refractivity contribution < 1.29 is 17.5 Å². The lowest BCUT2D eigenvalue weighted by atomic mass is 10.2. The van der Waals surface area contributed by atoms with Gasteiger partial charge in [0.2, 0.25) is 0 Å². The van der Waals surface area contributed by atoms with E-state index in [2.05, 4.69) is 6.92 Å². The van der Waals surface area contributed by atoms with Crippen LogP contribution in [0.25, 0.3) is 0 Å². The number of pyridine rings is 1. The highest BCUT2D eigenvalue weighted by molar-refractivity contribution is 7.85. The summed E-state index contributed by atoms with van der Waals surface area (Å²) < 4.78 is 31.6. The van der Waals surface area contributed by atoms with Crippen molar-refractivity contribution in [2.24, 2.45) is 0 Å². The van der Waals surface area contributed by atoms with Gasteiger partial charge in [0.15, 0.2) is 11.9 Å². The third-order valence-electron chi connectivity index (χ3n) is 2.20. The molecule has 15 heavy (non-hydrogen) atoms. The summed E-state index contributed by atoms with van der Waals surface area (Å²) in [6.45, 7) is 2.67. The molecule has 0 aliphatic heterocycles. The maximum Gasteiger partial charge on any atom is 0.265 e. The minimum atomic E-state index is -3.83. The van der Waals surface area contributed by atoms with Crippen LogP contribution in [0, 0.1) is 0 Å². The average Bonchev–Trinajstić information content (AvgIpc) is 2.16. The lowest BCUT2D eigenvalue weighted by Gasteiger charge is -2.00. The molecule has 1 N–H and O–H groups in total. The third kappa shape index (κ3) is 4.40. The Morgan fingerprint density at radius 1 is 1.40 bits per heavy atom. The Bertz CT molecular complexity index is 414. The molecular formula is C10H16NO3S+. The summed E-state index contributed by atoms with van der Waals surface area (Å²) in [7, 11) is -3.83. The lowest BCUT2D eigenvalue weighted by Crippen LogP contribution is -2.38. The van der Waals surface area contributed by atoms with E-state index in [9.17, 15) is 8.42 Å². The van der Waals surface area contributed by atoms with Crippen LogP contribution < -0.4 is 4.57 Å². The fraction of sp³-hybridized carbons (Fsp3) is 0.500. The summed E-state index contributed by atoms with van der Waals surface area (Å²) >= 11 is 0. The first kappa shape index (κ1) is 12.1. The number of aryl methyl sites for hydroxylation is 2. The smallest absolute Gasteiger partial charge is 0.265 e. The number of hydrogen-bond donors (Lipinski definition) is 1. The van der Waals surface area contributed by atoms with Gasteiger partial charge < -0.3 is 0 Å². The minimum absolute atomic E-state index is 0.182. The maximum atomic E-state index is 10.5. The predicted octanol–water partition coefficient (Wildman–Crippen LogP) is 0.814. The standard InChI is InChI=1S/C10H15NO3S/c1-2-10-6-3-4-7-11(10)8-5-9-15(12,13)14/h3-4,6-7H,2,5,8-9H2,1H3/p+1. The maximum absolute atomic E-state index is 10.5. The second-order valence-corrected chi connectivity index (χ2v) is 4.95. The van der Waals surface area contributed by atoms with Crippen LogP contribution >= 0.6 is 0 Å². The van der Waals surface area contributed by atoms with Gasteiger partial charge in [-0.2, -0.15) is 8.42 Å². The Morgan fingerprint density at radius 3 is 2.73 bits per heavy atom. The Kier molecular flexibility index (Phi) is 4.23. The van der Waals surface area contributed by atoms with Crippen LogP contribution in [0.4, 0.5) is 0 Å². The summed E-state index contributed by atoms with van der Waals surface area (Å²) in [5.41, 5.74) is 1.16. The molecule has 0 spiro atoms. The molecule has 0 bridgehead atoms. The number of aromatic nitrogens is 1. The summed E-state index contributed by atoms with van der Waals surface area (Å²) in [6.07, 6.45) is 3.26. The van der Waals surface area contributed by atoms with Crippen molar-refractivity contribution in [3.63, 3.8) is 0 Å². The highest BCUT2D eigenvalue weighted by atomic mass is 32.2. The van der Waals surface area contributed by atoms with Crippen LogP contribution in [0.1, 0.15) is 19.0 Å². The molecule has 0 saturated carbocycles. The first-order valence-corrected chi connectivity index (χ1v) is 6.56. The fourth-order valence-corrected chi connectivity index (χ4v) is 1.96. The van der Waals surface area contributed by atoms with Gasteiger partial charge in [-0.15, -0.1) is 0 Å². The molecule has 0 aliphatic carbocycles. The zero-order valence-electron chi connectivity index (χ0n) is 8.76.